The Hall–Kier alpha value is -2.09. The molecule has 23 heavy (non-hydrogen) atoms. The molecular weight excluding hydrogens is 316 g/mol. The number of fused-ring (bicyclic) bond motifs is 1. The van der Waals surface area contributed by atoms with Crippen molar-refractivity contribution in [3.05, 3.63) is 35.3 Å². The molecule has 2 aromatic rings. The summed E-state index contributed by atoms with van der Waals surface area (Å²) in [5.41, 5.74) is 2.13. The molecule has 0 fully saturated rings. The second kappa shape index (κ2) is 6.99. The maximum atomic E-state index is 13.3. The van der Waals surface area contributed by atoms with Crippen molar-refractivity contribution < 1.29 is 27.1 Å². The van der Waals surface area contributed by atoms with Gasteiger partial charge in [-0.25, -0.2) is 4.39 Å². The number of carbonyl (C=O) groups excluding carboxylic acids is 1. The van der Waals surface area contributed by atoms with Gasteiger partial charge in [0.25, 0.3) is 0 Å². The molecule has 1 heterocycles. The van der Waals surface area contributed by atoms with Gasteiger partial charge in [0.05, 0.1) is 13.0 Å². The number of hydrogen-bond acceptors (Lipinski definition) is 2. The molecule has 0 aliphatic heterocycles. The van der Waals surface area contributed by atoms with Crippen LogP contribution in [-0.2, 0) is 16.0 Å². The average molecular weight is 332 g/mol. The number of amides is 1. The van der Waals surface area contributed by atoms with Crippen molar-refractivity contribution in [2.24, 2.45) is 0 Å². The molecule has 0 aliphatic rings. The Bertz CT molecular complexity index is 695. The van der Waals surface area contributed by atoms with Gasteiger partial charge in [0.2, 0.25) is 5.91 Å². The first kappa shape index (κ1) is 17.3. The van der Waals surface area contributed by atoms with Crippen molar-refractivity contribution in [1.29, 1.82) is 0 Å². The maximum Gasteiger partial charge on any atom is 0.411 e. The monoisotopic (exact) mass is 332 g/mol. The van der Waals surface area contributed by atoms with E-state index in [2.05, 4.69) is 15.0 Å². The Kier molecular flexibility index (Phi) is 5.25. The first-order valence-electron chi connectivity index (χ1n) is 6.94. The first-order chi connectivity index (χ1) is 10.8. The molecule has 0 radical (unpaired) electrons. The van der Waals surface area contributed by atoms with Crippen molar-refractivity contribution in [3.63, 3.8) is 0 Å². The summed E-state index contributed by atoms with van der Waals surface area (Å²) in [6.45, 7) is 0.175. The normalized spacial score (nSPS) is 11.9. The highest BCUT2D eigenvalue weighted by molar-refractivity contribution is 5.90. The molecule has 8 heteroatoms. The van der Waals surface area contributed by atoms with Gasteiger partial charge in [-0.15, -0.1) is 0 Å². The molecule has 0 saturated heterocycles. The fraction of sp³-hybridized carbons (Fsp3) is 0.400. The molecule has 1 aromatic carbocycles. The van der Waals surface area contributed by atoms with Crippen LogP contribution in [0.1, 0.15) is 11.3 Å². The third-order valence-electron chi connectivity index (χ3n) is 3.25. The number of ether oxygens (including phenoxy) is 1. The van der Waals surface area contributed by atoms with Crippen LogP contribution in [0.2, 0.25) is 0 Å². The lowest BCUT2D eigenvalue weighted by Crippen LogP contribution is -2.30. The molecule has 0 unspecified atom stereocenters. The summed E-state index contributed by atoms with van der Waals surface area (Å²) in [5.74, 6) is -0.771. The second-order valence-electron chi connectivity index (χ2n) is 5.11. The molecule has 2 rings (SSSR count). The van der Waals surface area contributed by atoms with Crippen molar-refractivity contribution >= 4 is 16.8 Å². The summed E-state index contributed by atoms with van der Waals surface area (Å²) in [7, 11) is 0. The van der Waals surface area contributed by atoms with Gasteiger partial charge in [-0.1, -0.05) is 0 Å². The zero-order chi connectivity index (χ0) is 17.0. The Balaban J connectivity index is 1.88. The lowest BCUT2D eigenvalue weighted by Gasteiger charge is -2.08. The van der Waals surface area contributed by atoms with Crippen LogP contribution in [-0.4, -0.2) is 36.8 Å². The Morgan fingerprint density at radius 1 is 1.35 bits per heavy atom. The summed E-state index contributed by atoms with van der Waals surface area (Å²) in [6.07, 6.45) is -4.37. The third-order valence-corrected chi connectivity index (χ3v) is 3.25. The molecule has 0 aliphatic carbocycles. The lowest BCUT2D eigenvalue weighted by atomic mass is 10.1. The van der Waals surface area contributed by atoms with Crippen molar-refractivity contribution in [3.8, 4) is 0 Å². The molecule has 0 bridgehead atoms. The summed E-state index contributed by atoms with van der Waals surface area (Å²) >= 11 is 0. The quantitative estimate of drug-likeness (QED) is 0.631. The average Bonchev–Trinajstić information content (AvgIpc) is 2.73. The number of nitrogens with one attached hydrogen (secondary N) is 2. The minimum atomic E-state index is -4.38. The van der Waals surface area contributed by atoms with Gasteiger partial charge in [-0.2, -0.15) is 13.2 Å². The van der Waals surface area contributed by atoms with Crippen LogP contribution in [0.25, 0.3) is 10.9 Å². The highest BCUT2D eigenvalue weighted by Crippen LogP contribution is 2.23. The Morgan fingerprint density at radius 3 is 2.78 bits per heavy atom. The molecule has 4 nitrogen and oxygen atoms in total. The Morgan fingerprint density at radius 2 is 2.09 bits per heavy atom. The fourth-order valence-electron chi connectivity index (χ4n) is 2.26. The first-order valence-corrected chi connectivity index (χ1v) is 6.94. The smallest absolute Gasteiger partial charge is 0.370 e. The van der Waals surface area contributed by atoms with Gasteiger partial charge in [0.1, 0.15) is 12.4 Å². The van der Waals surface area contributed by atoms with E-state index in [-0.39, 0.29) is 25.5 Å². The third kappa shape index (κ3) is 4.95. The van der Waals surface area contributed by atoms with Crippen LogP contribution >= 0.6 is 0 Å². The number of rotatable bonds is 6. The van der Waals surface area contributed by atoms with Crippen LogP contribution in [0.15, 0.2) is 18.2 Å². The topological polar surface area (TPSA) is 54.1 Å². The number of benzene rings is 1. The number of alkyl halides is 3. The number of carbonyl (C=O) groups is 1. The van der Waals surface area contributed by atoms with E-state index in [0.717, 1.165) is 11.2 Å². The van der Waals surface area contributed by atoms with E-state index in [0.29, 0.717) is 10.9 Å². The SMILES string of the molecule is Cc1[nH]c2ccc(F)cc2c1CC(=O)NCCOCC(F)(F)F. The fourth-order valence-corrected chi connectivity index (χ4v) is 2.26. The predicted octanol–water partition coefficient (Wildman–Crippen LogP) is 2.85. The molecule has 1 amide bonds. The number of aromatic nitrogens is 1. The second-order valence-corrected chi connectivity index (χ2v) is 5.11. The van der Waals surface area contributed by atoms with E-state index in [1.54, 1.807) is 13.0 Å². The molecule has 126 valence electrons. The van der Waals surface area contributed by atoms with Gasteiger partial charge in [-0.3, -0.25) is 4.79 Å². The highest BCUT2D eigenvalue weighted by atomic mass is 19.4. The maximum absolute atomic E-state index is 13.3. The number of hydrogen-bond donors (Lipinski definition) is 2. The summed E-state index contributed by atoms with van der Waals surface area (Å²) in [4.78, 5) is 14.9. The van der Waals surface area contributed by atoms with Crippen LogP contribution in [0.5, 0.6) is 0 Å². The largest absolute Gasteiger partial charge is 0.411 e. The van der Waals surface area contributed by atoms with Crippen LogP contribution in [0, 0.1) is 12.7 Å². The summed E-state index contributed by atoms with van der Waals surface area (Å²) < 4.78 is 53.3. The molecule has 0 saturated carbocycles. The van der Waals surface area contributed by atoms with Crippen LogP contribution < -0.4 is 5.32 Å². The number of H-pyrrole nitrogens is 1. The number of aryl methyl sites for hydroxylation is 1. The molecule has 0 spiro atoms. The van der Waals surface area contributed by atoms with E-state index in [1.807, 2.05) is 0 Å². The zero-order valence-corrected chi connectivity index (χ0v) is 12.4. The molecular formula is C15H16F4N2O2. The van der Waals surface area contributed by atoms with Gasteiger partial charge < -0.3 is 15.0 Å². The van der Waals surface area contributed by atoms with Gasteiger partial charge in [-0.05, 0) is 30.7 Å². The van der Waals surface area contributed by atoms with E-state index in [1.165, 1.54) is 12.1 Å². The summed E-state index contributed by atoms with van der Waals surface area (Å²) in [5, 5.41) is 3.09. The zero-order valence-electron chi connectivity index (χ0n) is 12.4. The molecule has 2 N–H and O–H groups in total. The Labute approximate surface area is 129 Å². The number of halogens is 4. The van der Waals surface area contributed by atoms with E-state index >= 15 is 0 Å². The summed E-state index contributed by atoms with van der Waals surface area (Å²) in [6, 6.07) is 4.25. The molecule has 0 atom stereocenters. The minimum Gasteiger partial charge on any atom is -0.370 e. The minimum absolute atomic E-state index is 0.00849. The molecule has 1 aromatic heterocycles. The lowest BCUT2D eigenvalue weighted by molar-refractivity contribution is -0.173. The highest BCUT2D eigenvalue weighted by Gasteiger charge is 2.27. The van der Waals surface area contributed by atoms with E-state index in [9.17, 15) is 22.4 Å². The van der Waals surface area contributed by atoms with E-state index in [4.69, 9.17) is 0 Å². The van der Waals surface area contributed by atoms with Crippen LogP contribution in [0.3, 0.4) is 0 Å². The van der Waals surface area contributed by atoms with Crippen molar-refractivity contribution in [2.75, 3.05) is 19.8 Å². The van der Waals surface area contributed by atoms with Gasteiger partial charge in [0.15, 0.2) is 0 Å². The van der Waals surface area contributed by atoms with Crippen molar-refractivity contribution in [1.82, 2.24) is 10.3 Å². The standard InChI is InChI=1S/C15H16F4N2O2/c1-9-11(12-6-10(16)2-3-13(12)21-9)7-14(22)20-4-5-23-8-15(17,18)19/h2-3,6,21H,4-5,7-8H2,1H3,(H,20,22). The van der Waals surface area contributed by atoms with Crippen LogP contribution in [0.4, 0.5) is 17.6 Å². The number of aromatic amines is 1. The van der Waals surface area contributed by atoms with Gasteiger partial charge >= 0.3 is 6.18 Å². The van der Waals surface area contributed by atoms with Crippen molar-refractivity contribution in [2.45, 2.75) is 19.5 Å². The predicted molar refractivity (Wildman–Crippen MR) is 76.6 cm³/mol. The van der Waals surface area contributed by atoms with Gasteiger partial charge in [0, 0.05) is 23.1 Å². The van der Waals surface area contributed by atoms with E-state index < -0.39 is 18.6 Å².